The van der Waals surface area contributed by atoms with Crippen molar-refractivity contribution in [2.24, 2.45) is 0 Å². The van der Waals surface area contributed by atoms with Gasteiger partial charge in [0.05, 0.1) is 12.3 Å². The summed E-state index contributed by atoms with van der Waals surface area (Å²) in [5, 5.41) is 3.68. The molecule has 26 heavy (non-hydrogen) atoms. The van der Waals surface area contributed by atoms with Gasteiger partial charge in [-0.1, -0.05) is 24.3 Å². The van der Waals surface area contributed by atoms with Crippen molar-refractivity contribution in [3.05, 3.63) is 88.0 Å². The molecule has 4 rings (SSSR count). The van der Waals surface area contributed by atoms with Crippen molar-refractivity contribution in [1.29, 1.82) is 0 Å². The van der Waals surface area contributed by atoms with Gasteiger partial charge in [0.15, 0.2) is 0 Å². The first kappa shape index (κ1) is 17.0. The molecule has 1 aliphatic rings. The van der Waals surface area contributed by atoms with Crippen LogP contribution in [0.15, 0.2) is 67.0 Å². The molecule has 0 radical (unpaired) electrons. The molecule has 0 amide bonds. The minimum Gasteiger partial charge on any atom is -0.379 e. The second-order valence-electron chi connectivity index (χ2n) is 6.13. The summed E-state index contributed by atoms with van der Waals surface area (Å²) in [7, 11) is 1.74. The van der Waals surface area contributed by atoms with Crippen LogP contribution in [0, 0.1) is 0 Å². The summed E-state index contributed by atoms with van der Waals surface area (Å²) < 4.78 is 5.32. The van der Waals surface area contributed by atoms with Crippen molar-refractivity contribution in [3.63, 3.8) is 0 Å². The average molecular weight is 363 g/mol. The van der Waals surface area contributed by atoms with E-state index in [1.807, 2.05) is 30.5 Å². The maximum atomic E-state index is 5.32. The molecule has 3 aromatic rings. The molecule has 1 aromatic carbocycles. The minimum atomic E-state index is 0.0567. The zero-order valence-electron chi connectivity index (χ0n) is 14.6. The molecule has 4 nitrogen and oxygen atoms in total. The summed E-state index contributed by atoms with van der Waals surface area (Å²) in [6.45, 7) is 1.35. The summed E-state index contributed by atoms with van der Waals surface area (Å²) in [5.41, 5.74) is 3.47. The largest absolute Gasteiger partial charge is 0.379 e. The lowest BCUT2D eigenvalue weighted by Gasteiger charge is -2.34. The lowest BCUT2D eigenvalue weighted by Crippen LogP contribution is -2.36. The van der Waals surface area contributed by atoms with Gasteiger partial charge < -0.3 is 9.64 Å². The maximum Gasteiger partial charge on any atom is 0.112 e. The topological polar surface area (TPSA) is 37.4 Å². The molecule has 1 N–H and O–H groups in total. The van der Waals surface area contributed by atoms with Crippen molar-refractivity contribution < 1.29 is 4.74 Å². The van der Waals surface area contributed by atoms with Crippen LogP contribution in [0.3, 0.4) is 0 Å². The molecule has 0 saturated carbocycles. The molecule has 0 bridgehead atoms. The maximum absolute atomic E-state index is 5.32. The first-order chi connectivity index (χ1) is 12.8. The molecule has 2 aromatic heterocycles. The Morgan fingerprint density at radius 3 is 2.77 bits per heavy atom. The Bertz CT molecular complexity index is 877. The van der Waals surface area contributed by atoms with Gasteiger partial charge in [-0.2, -0.15) is 0 Å². The van der Waals surface area contributed by atoms with Crippen LogP contribution in [0.4, 0.5) is 5.69 Å². The second-order valence-corrected chi connectivity index (χ2v) is 7.30. The number of pyridine rings is 1. The highest BCUT2D eigenvalue weighted by Gasteiger charge is 2.26. The van der Waals surface area contributed by atoms with Crippen LogP contribution in [0.2, 0.25) is 0 Å². The number of hydrogen-bond donors (Lipinski definition) is 1. The van der Waals surface area contributed by atoms with Crippen molar-refractivity contribution in [2.45, 2.75) is 19.3 Å². The van der Waals surface area contributed by atoms with Gasteiger partial charge in [0.2, 0.25) is 0 Å². The van der Waals surface area contributed by atoms with Gasteiger partial charge in [0.25, 0.3) is 0 Å². The van der Waals surface area contributed by atoms with Gasteiger partial charge in [-0.15, -0.1) is 11.3 Å². The van der Waals surface area contributed by atoms with Gasteiger partial charge in [-0.3, -0.25) is 10.3 Å². The van der Waals surface area contributed by atoms with Crippen LogP contribution in [-0.2, 0) is 17.9 Å². The van der Waals surface area contributed by atoms with E-state index in [9.17, 15) is 0 Å². The molecular formula is C21H21N3OS. The highest BCUT2D eigenvalue weighted by Crippen LogP contribution is 2.37. The molecule has 0 fully saturated rings. The van der Waals surface area contributed by atoms with Gasteiger partial charge in [0, 0.05) is 47.1 Å². The van der Waals surface area contributed by atoms with E-state index < -0.39 is 0 Å². The number of anilines is 1. The number of nitrogens with zero attached hydrogens (tertiary/aromatic N) is 2. The molecule has 0 saturated heterocycles. The van der Waals surface area contributed by atoms with Crippen molar-refractivity contribution >= 4 is 23.1 Å². The Morgan fingerprint density at radius 1 is 1.15 bits per heavy atom. The van der Waals surface area contributed by atoms with Crippen LogP contribution in [0.1, 0.15) is 27.2 Å². The van der Waals surface area contributed by atoms with Crippen LogP contribution >= 0.6 is 11.3 Å². The van der Waals surface area contributed by atoms with Crippen LogP contribution in [0.25, 0.3) is 6.08 Å². The fourth-order valence-corrected chi connectivity index (χ4v) is 4.23. The molecular weight excluding hydrogens is 342 g/mol. The van der Waals surface area contributed by atoms with Gasteiger partial charge >= 0.3 is 0 Å². The SMILES string of the molecule is COCc1cc2c(s1)C=CN(c1ccccc1)C2NCc1ccccn1. The third-order valence-corrected chi connectivity index (χ3v) is 5.43. The Hall–Kier alpha value is -2.47. The van der Waals surface area contributed by atoms with E-state index >= 15 is 0 Å². The third kappa shape index (κ3) is 3.55. The molecule has 132 valence electrons. The quantitative estimate of drug-likeness (QED) is 0.696. The van der Waals surface area contributed by atoms with Crippen molar-refractivity contribution in [1.82, 2.24) is 10.3 Å². The molecule has 1 atom stereocenters. The number of ether oxygens (including phenoxy) is 1. The lowest BCUT2D eigenvalue weighted by molar-refractivity contribution is 0.187. The van der Waals surface area contributed by atoms with E-state index in [1.54, 1.807) is 18.4 Å². The smallest absolute Gasteiger partial charge is 0.112 e. The number of nitrogens with one attached hydrogen (secondary N) is 1. The summed E-state index contributed by atoms with van der Waals surface area (Å²) in [5.74, 6) is 0. The van der Waals surface area contributed by atoms with E-state index in [2.05, 4.69) is 57.8 Å². The lowest BCUT2D eigenvalue weighted by atomic mass is 10.1. The first-order valence-electron chi connectivity index (χ1n) is 8.61. The zero-order chi connectivity index (χ0) is 17.8. The van der Waals surface area contributed by atoms with Crippen LogP contribution < -0.4 is 10.2 Å². The minimum absolute atomic E-state index is 0.0567. The van der Waals surface area contributed by atoms with Gasteiger partial charge in [0.1, 0.15) is 6.17 Å². The fraction of sp³-hybridized carbons (Fsp3) is 0.190. The van der Waals surface area contributed by atoms with E-state index in [4.69, 9.17) is 4.74 Å². The monoisotopic (exact) mass is 363 g/mol. The number of methoxy groups -OCH3 is 1. The molecule has 3 heterocycles. The molecule has 0 aliphatic carbocycles. The normalized spacial score (nSPS) is 15.9. The number of thiophene rings is 1. The summed E-state index contributed by atoms with van der Waals surface area (Å²) >= 11 is 1.79. The van der Waals surface area contributed by atoms with E-state index in [0.717, 1.165) is 11.4 Å². The zero-order valence-corrected chi connectivity index (χ0v) is 15.4. The highest BCUT2D eigenvalue weighted by molar-refractivity contribution is 7.13. The standard InChI is InChI=1S/C21H21N3OS/c1-25-15-18-13-19-20(26-18)10-12-24(17-8-3-2-4-9-17)21(19)23-14-16-7-5-6-11-22-16/h2-13,21,23H,14-15H2,1H3. The number of aromatic nitrogens is 1. The van der Waals surface area contributed by atoms with E-state index in [0.29, 0.717) is 13.2 Å². The van der Waals surface area contributed by atoms with E-state index in [1.165, 1.54) is 15.3 Å². The van der Waals surface area contributed by atoms with Gasteiger partial charge in [-0.05, 0) is 36.4 Å². The van der Waals surface area contributed by atoms with Gasteiger partial charge in [-0.25, -0.2) is 0 Å². The van der Waals surface area contributed by atoms with Crippen LogP contribution in [0.5, 0.6) is 0 Å². The summed E-state index contributed by atoms with van der Waals surface area (Å²) in [6, 6.07) is 18.7. The molecule has 1 unspecified atom stereocenters. The predicted molar refractivity (Wildman–Crippen MR) is 107 cm³/mol. The summed E-state index contributed by atoms with van der Waals surface area (Å²) in [4.78, 5) is 9.23. The average Bonchev–Trinajstić information content (AvgIpc) is 3.11. The number of benzene rings is 1. The van der Waals surface area contributed by atoms with Crippen LogP contribution in [-0.4, -0.2) is 12.1 Å². The number of para-hydroxylation sites is 1. The third-order valence-electron chi connectivity index (χ3n) is 4.34. The Balaban J connectivity index is 1.65. The Labute approximate surface area is 157 Å². The van der Waals surface area contributed by atoms with Crippen molar-refractivity contribution in [3.8, 4) is 0 Å². The summed E-state index contributed by atoms with van der Waals surface area (Å²) in [6.07, 6.45) is 6.23. The fourth-order valence-electron chi connectivity index (χ4n) is 3.16. The van der Waals surface area contributed by atoms with Crippen molar-refractivity contribution in [2.75, 3.05) is 12.0 Å². The number of hydrogen-bond acceptors (Lipinski definition) is 5. The number of fused-ring (bicyclic) bond motifs is 1. The molecule has 1 aliphatic heterocycles. The highest BCUT2D eigenvalue weighted by atomic mass is 32.1. The molecule has 5 heteroatoms. The second kappa shape index (κ2) is 7.83. The first-order valence-corrected chi connectivity index (χ1v) is 9.43. The molecule has 0 spiro atoms. The predicted octanol–water partition coefficient (Wildman–Crippen LogP) is 4.57. The van der Waals surface area contributed by atoms with E-state index in [-0.39, 0.29) is 6.17 Å². The Morgan fingerprint density at radius 2 is 2.00 bits per heavy atom. The Kier molecular flexibility index (Phi) is 5.11. The number of rotatable bonds is 6.